The first-order chi connectivity index (χ1) is 10.7. The zero-order valence-corrected chi connectivity index (χ0v) is 15.1. The average molecular weight is 351 g/mol. The van der Waals surface area contributed by atoms with E-state index in [1.54, 1.807) is 11.3 Å². The molecule has 1 aliphatic carbocycles. The maximum atomic E-state index is 12.0. The number of aromatic nitrogens is 1. The summed E-state index contributed by atoms with van der Waals surface area (Å²) in [7, 11) is 0. The Morgan fingerprint density at radius 3 is 2.70 bits per heavy atom. The highest BCUT2D eigenvalue weighted by Crippen LogP contribution is 2.29. The van der Waals surface area contributed by atoms with Gasteiger partial charge in [0, 0.05) is 11.3 Å². The van der Waals surface area contributed by atoms with E-state index in [-0.39, 0.29) is 18.3 Å². The van der Waals surface area contributed by atoms with E-state index in [9.17, 15) is 4.79 Å². The predicted octanol–water partition coefficient (Wildman–Crippen LogP) is 4.71. The van der Waals surface area contributed by atoms with Crippen LogP contribution in [0.3, 0.4) is 0 Å². The molecule has 1 heterocycles. The van der Waals surface area contributed by atoms with Crippen molar-refractivity contribution in [1.29, 1.82) is 0 Å². The Labute approximate surface area is 147 Å². The van der Waals surface area contributed by atoms with Crippen LogP contribution >= 0.6 is 23.7 Å². The lowest BCUT2D eigenvalue weighted by atomic mass is 10.0. The summed E-state index contributed by atoms with van der Waals surface area (Å²) in [6.07, 6.45) is 7.03. The summed E-state index contributed by atoms with van der Waals surface area (Å²) in [6, 6.07) is 8.52. The minimum atomic E-state index is 0. The molecule has 2 aromatic rings. The van der Waals surface area contributed by atoms with Gasteiger partial charge in [-0.2, -0.15) is 0 Å². The number of anilines is 1. The Balaban J connectivity index is 0.00000192. The number of fused-ring (bicyclic) bond motifs is 1. The molecule has 1 aromatic carbocycles. The summed E-state index contributed by atoms with van der Waals surface area (Å²) in [5, 5.41) is 3.75. The quantitative estimate of drug-likeness (QED) is 0.848. The first-order valence-corrected chi connectivity index (χ1v) is 8.86. The van der Waals surface area contributed by atoms with Gasteiger partial charge in [-0.1, -0.05) is 29.8 Å². The van der Waals surface area contributed by atoms with Gasteiger partial charge in [0.25, 0.3) is 0 Å². The van der Waals surface area contributed by atoms with Crippen molar-refractivity contribution in [2.24, 2.45) is 0 Å². The van der Waals surface area contributed by atoms with Crippen molar-refractivity contribution in [3.05, 3.63) is 46.0 Å². The maximum Gasteiger partial charge on any atom is 0.226 e. The van der Waals surface area contributed by atoms with E-state index in [2.05, 4.69) is 41.5 Å². The summed E-state index contributed by atoms with van der Waals surface area (Å²) in [4.78, 5) is 17.9. The van der Waals surface area contributed by atoms with Crippen LogP contribution in [0.25, 0.3) is 0 Å². The topological polar surface area (TPSA) is 42.0 Å². The molecule has 1 aromatic heterocycles. The van der Waals surface area contributed by atoms with Crippen molar-refractivity contribution in [3.8, 4) is 0 Å². The molecule has 0 saturated heterocycles. The van der Waals surface area contributed by atoms with E-state index in [1.807, 2.05) is 0 Å². The summed E-state index contributed by atoms with van der Waals surface area (Å²) in [5.41, 5.74) is 3.77. The fourth-order valence-corrected chi connectivity index (χ4v) is 3.86. The van der Waals surface area contributed by atoms with Gasteiger partial charge in [-0.05, 0) is 51.0 Å². The van der Waals surface area contributed by atoms with Crippen molar-refractivity contribution in [2.75, 3.05) is 5.32 Å². The molecule has 0 bridgehead atoms. The fraction of sp³-hybridized carbons (Fsp3) is 0.444. The van der Waals surface area contributed by atoms with E-state index in [1.165, 1.54) is 34.5 Å². The number of hydrogen-bond donors (Lipinski definition) is 1. The Morgan fingerprint density at radius 1 is 1.22 bits per heavy atom. The smallest absolute Gasteiger partial charge is 0.226 e. The van der Waals surface area contributed by atoms with Crippen LogP contribution in [0.15, 0.2) is 24.3 Å². The summed E-state index contributed by atoms with van der Waals surface area (Å²) < 4.78 is 0. The first kappa shape index (κ1) is 18.0. The molecule has 0 atom stereocenters. The number of carbonyl (C=O) groups excluding carboxylic acids is 1. The Morgan fingerprint density at radius 2 is 1.96 bits per heavy atom. The monoisotopic (exact) mass is 350 g/mol. The molecule has 0 aliphatic heterocycles. The van der Waals surface area contributed by atoms with Crippen LogP contribution < -0.4 is 5.32 Å². The fourth-order valence-electron chi connectivity index (χ4n) is 2.80. The van der Waals surface area contributed by atoms with Crippen LogP contribution in [0.1, 0.15) is 47.4 Å². The van der Waals surface area contributed by atoms with Crippen molar-refractivity contribution in [2.45, 2.75) is 51.9 Å². The van der Waals surface area contributed by atoms with Crippen LogP contribution in [0.4, 0.5) is 5.13 Å². The minimum Gasteiger partial charge on any atom is -0.302 e. The maximum absolute atomic E-state index is 12.0. The van der Waals surface area contributed by atoms with Gasteiger partial charge in [-0.15, -0.1) is 23.7 Å². The number of nitrogens with one attached hydrogen (secondary N) is 1. The molecule has 1 amide bonds. The van der Waals surface area contributed by atoms with Crippen molar-refractivity contribution in [1.82, 2.24) is 4.98 Å². The number of halogens is 1. The summed E-state index contributed by atoms with van der Waals surface area (Å²) in [6.45, 7) is 2.09. The zero-order valence-electron chi connectivity index (χ0n) is 13.4. The highest BCUT2D eigenvalue weighted by atomic mass is 35.5. The molecular weight excluding hydrogens is 328 g/mol. The molecule has 0 radical (unpaired) electrons. The number of nitrogens with zero attached hydrogens (tertiary/aromatic N) is 1. The zero-order chi connectivity index (χ0) is 15.4. The average Bonchev–Trinajstić information content (AvgIpc) is 2.91. The molecule has 3 nitrogen and oxygen atoms in total. The Kier molecular flexibility index (Phi) is 6.60. The molecule has 3 rings (SSSR count). The standard InChI is InChI=1S/C18H22N2OS.ClH/c1-13-9-11-14(12-10-13)5-4-8-17(21)20-18-19-15-6-2-3-7-16(15)22-18;/h9-12H,2-8H2,1H3,(H,19,20,21);1H. The Hall–Kier alpha value is -1.39. The van der Waals surface area contributed by atoms with E-state index in [0.29, 0.717) is 6.42 Å². The van der Waals surface area contributed by atoms with Gasteiger partial charge in [0.05, 0.1) is 5.69 Å². The highest BCUT2D eigenvalue weighted by molar-refractivity contribution is 7.15. The van der Waals surface area contributed by atoms with Gasteiger partial charge in [-0.25, -0.2) is 4.98 Å². The third-order valence-corrected chi connectivity index (χ3v) is 5.15. The molecule has 1 aliphatic rings. The molecule has 0 spiro atoms. The van der Waals surface area contributed by atoms with Crippen molar-refractivity contribution in [3.63, 3.8) is 0 Å². The van der Waals surface area contributed by atoms with Crippen LogP contribution in [0.2, 0.25) is 0 Å². The van der Waals surface area contributed by atoms with Gasteiger partial charge in [0.15, 0.2) is 5.13 Å². The van der Waals surface area contributed by atoms with Gasteiger partial charge in [-0.3, -0.25) is 4.79 Å². The highest BCUT2D eigenvalue weighted by Gasteiger charge is 2.16. The van der Waals surface area contributed by atoms with Crippen molar-refractivity contribution >= 4 is 34.8 Å². The molecule has 0 unspecified atom stereocenters. The first-order valence-electron chi connectivity index (χ1n) is 8.05. The third kappa shape index (κ3) is 5.05. The number of thiazole rings is 1. The molecule has 23 heavy (non-hydrogen) atoms. The Bertz CT molecular complexity index is 628. The van der Waals surface area contributed by atoms with Crippen molar-refractivity contribution < 1.29 is 4.79 Å². The molecule has 0 fully saturated rings. The lowest BCUT2D eigenvalue weighted by Crippen LogP contribution is -2.11. The van der Waals surface area contributed by atoms with Gasteiger partial charge >= 0.3 is 0 Å². The SMILES string of the molecule is Cc1ccc(CCCC(=O)Nc2nc3c(s2)CCCC3)cc1.Cl. The van der Waals surface area contributed by atoms with Gasteiger partial charge in [0.1, 0.15) is 0 Å². The molecular formula is C18H23ClN2OS. The van der Waals surface area contributed by atoms with Crippen LogP contribution in [-0.2, 0) is 24.1 Å². The van der Waals surface area contributed by atoms with Gasteiger partial charge < -0.3 is 5.32 Å². The number of amides is 1. The number of benzene rings is 1. The van der Waals surface area contributed by atoms with E-state index in [4.69, 9.17) is 0 Å². The van der Waals surface area contributed by atoms with E-state index in [0.717, 1.165) is 30.8 Å². The minimum absolute atomic E-state index is 0. The summed E-state index contributed by atoms with van der Waals surface area (Å²) in [5.74, 6) is 0.0817. The largest absolute Gasteiger partial charge is 0.302 e. The lowest BCUT2D eigenvalue weighted by Gasteiger charge is -2.06. The van der Waals surface area contributed by atoms with Crippen LogP contribution in [-0.4, -0.2) is 10.9 Å². The van der Waals surface area contributed by atoms with Gasteiger partial charge in [0.2, 0.25) is 5.91 Å². The normalized spacial score (nSPS) is 13.1. The second-order valence-corrected chi connectivity index (χ2v) is 7.07. The number of rotatable bonds is 5. The number of aryl methyl sites for hydroxylation is 4. The second-order valence-electron chi connectivity index (χ2n) is 5.98. The van der Waals surface area contributed by atoms with E-state index < -0.39 is 0 Å². The van der Waals surface area contributed by atoms with Crippen LogP contribution in [0, 0.1) is 6.92 Å². The van der Waals surface area contributed by atoms with Crippen LogP contribution in [0.5, 0.6) is 0 Å². The third-order valence-electron chi connectivity index (χ3n) is 4.08. The second kappa shape index (κ2) is 8.46. The lowest BCUT2D eigenvalue weighted by molar-refractivity contribution is -0.116. The number of carbonyl (C=O) groups is 1. The molecule has 124 valence electrons. The number of hydrogen-bond acceptors (Lipinski definition) is 3. The molecule has 1 N–H and O–H groups in total. The summed E-state index contributed by atoms with van der Waals surface area (Å²) >= 11 is 1.65. The van der Waals surface area contributed by atoms with E-state index >= 15 is 0 Å². The molecule has 0 saturated carbocycles. The molecule has 5 heteroatoms. The predicted molar refractivity (Wildman–Crippen MR) is 98.8 cm³/mol.